The number of aliphatic hydroxyl groups is 2. The Hall–Kier alpha value is -0.643. The minimum absolute atomic E-state index is 0.143. The highest BCUT2D eigenvalue weighted by atomic mass is 28.4. The van der Waals surface area contributed by atoms with Gasteiger partial charge in [-0.15, -0.1) is 18.9 Å². The molecule has 0 heterocycles. The largest absolute Gasteiger partial charge is 0.417 e. The van der Waals surface area contributed by atoms with Crippen LogP contribution in [0.3, 0.4) is 0 Å². The highest BCUT2D eigenvalue weighted by Crippen LogP contribution is 2.36. The number of unbranched alkanes of at least 4 members (excludes halogenated alkanes) is 1. The van der Waals surface area contributed by atoms with Gasteiger partial charge < -0.3 is 19.4 Å². The maximum Gasteiger partial charge on any atom is 0.191 e. The SMILES string of the molecule is C#CC[C@@H](O)[C@H](OCCCCO[Si](C)(C)C(C)(C)C)[C@H](O)C=C. The quantitative estimate of drug-likeness (QED) is 0.262. The van der Waals surface area contributed by atoms with Crippen LogP contribution < -0.4 is 0 Å². The lowest BCUT2D eigenvalue weighted by atomic mass is 10.1. The zero-order valence-electron chi connectivity index (χ0n) is 15.3. The lowest BCUT2D eigenvalue weighted by Crippen LogP contribution is -2.41. The summed E-state index contributed by atoms with van der Waals surface area (Å²) >= 11 is 0. The van der Waals surface area contributed by atoms with Gasteiger partial charge in [-0.25, -0.2) is 0 Å². The molecule has 0 unspecified atom stereocenters. The second-order valence-electron chi connectivity index (χ2n) is 7.35. The van der Waals surface area contributed by atoms with Gasteiger partial charge >= 0.3 is 0 Å². The summed E-state index contributed by atoms with van der Waals surface area (Å²) in [5, 5.41) is 19.9. The molecule has 0 aromatic carbocycles. The van der Waals surface area contributed by atoms with E-state index < -0.39 is 26.6 Å². The molecule has 0 bridgehead atoms. The molecule has 134 valence electrons. The van der Waals surface area contributed by atoms with Crippen molar-refractivity contribution in [1.29, 1.82) is 0 Å². The Morgan fingerprint density at radius 3 is 2.26 bits per heavy atom. The summed E-state index contributed by atoms with van der Waals surface area (Å²) in [7, 11) is -1.70. The fourth-order valence-corrected chi connectivity index (χ4v) is 2.86. The molecule has 0 rings (SSSR count). The van der Waals surface area contributed by atoms with Crippen LogP contribution in [0.5, 0.6) is 0 Å². The molecule has 5 heteroatoms. The molecule has 0 fully saturated rings. The number of hydrogen-bond acceptors (Lipinski definition) is 4. The molecule has 0 aromatic rings. The minimum Gasteiger partial charge on any atom is -0.417 e. The monoisotopic (exact) mass is 342 g/mol. The van der Waals surface area contributed by atoms with Crippen LogP contribution in [-0.4, -0.2) is 50.1 Å². The predicted molar refractivity (Wildman–Crippen MR) is 97.8 cm³/mol. The van der Waals surface area contributed by atoms with Crippen LogP contribution in [0.1, 0.15) is 40.0 Å². The zero-order chi connectivity index (χ0) is 18.1. The van der Waals surface area contributed by atoms with Crippen LogP contribution in [0.15, 0.2) is 12.7 Å². The molecule has 0 saturated carbocycles. The zero-order valence-corrected chi connectivity index (χ0v) is 16.3. The molecule has 0 aliphatic heterocycles. The molecular weight excluding hydrogens is 308 g/mol. The van der Waals surface area contributed by atoms with Gasteiger partial charge in [-0.05, 0) is 31.0 Å². The molecule has 0 aromatic heterocycles. The lowest BCUT2D eigenvalue weighted by Gasteiger charge is -2.36. The number of aliphatic hydroxyl groups excluding tert-OH is 2. The molecule has 0 aliphatic carbocycles. The summed E-state index contributed by atoms with van der Waals surface area (Å²) in [4.78, 5) is 0. The van der Waals surface area contributed by atoms with E-state index in [1.165, 1.54) is 6.08 Å². The second-order valence-corrected chi connectivity index (χ2v) is 12.2. The third-order valence-corrected chi connectivity index (χ3v) is 8.94. The molecule has 0 amide bonds. The fraction of sp³-hybridized carbons (Fsp3) is 0.778. The Balaban J connectivity index is 4.13. The van der Waals surface area contributed by atoms with E-state index in [0.29, 0.717) is 13.2 Å². The lowest BCUT2D eigenvalue weighted by molar-refractivity contribution is -0.0844. The van der Waals surface area contributed by atoms with Crippen LogP contribution in [-0.2, 0) is 9.16 Å². The first-order valence-electron chi connectivity index (χ1n) is 8.24. The van der Waals surface area contributed by atoms with Crippen molar-refractivity contribution < 1.29 is 19.4 Å². The van der Waals surface area contributed by atoms with Crippen molar-refractivity contribution in [1.82, 2.24) is 0 Å². The highest BCUT2D eigenvalue weighted by molar-refractivity contribution is 6.74. The topological polar surface area (TPSA) is 58.9 Å². The van der Waals surface area contributed by atoms with Gasteiger partial charge in [0.05, 0.1) is 6.10 Å². The summed E-state index contributed by atoms with van der Waals surface area (Å²) in [5.41, 5.74) is 0. The molecule has 0 aliphatic rings. The smallest absolute Gasteiger partial charge is 0.191 e. The number of rotatable bonds is 11. The number of ether oxygens (including phenoxy) is 1. The van der Waals surface area contributed by atoms with Crippen LogP contribution in [0.25, 0.3) is 0 Å². The first kappa shape index (κ1) is 22.4. The van der Waals surface area contributed by atoms with Crippen molar-refractivity contribution in [2.45, 2.75) is 76.5 Å². The highest BCUT2D eigenvalue weighted by Gasteiger charge is 2.36. The molecule has 0 saturated heterocycles. The number of terminal acetylenes is 1. The van der Waals surface area contributed by atoms with E-state index in [9.17, 15) is 10.2 Å². The molecule has 3 atom stereocenters. The van der Waals surface area contributed by atoms with Crippen molar-refractivity contribution in [3.05, 3.63) is 12.7 Å². The summed E-state index contributed by atoms with van der Waals surface area (Å²) in [6.07, 6.45) is 5.82. The van der Waals surface area contributed by atoms with Crippen LogP contribution >= 0.6 is 0 Å². The average molecular weight is 343 g/mol. The summed E-state index contributed by atoms with van der Waals surface area (Å²) < 4.78 is 11.7. The Labute approximate surface area is 143 Å². The Morgan fingerprint density at radius 2 is 1.78 bits per heavy atom. The van der Waals surface area contributed by atoms with E-state index in [1.54, 1.807) is 0 Å². The second kappa shape index (κ2) is 10.3. The first-order valence-corrected chi connectivity index (χ1v) is 11.2. The van der Waals surface area contributed by atoms with Gasteiger partial charge in [0.25, 0.3) is 0 Å². The van der Waals surface area contributed by atoms with Gasteiger partial charge in [-0.1, -0.05) is 26.8 Å². The molecule has 23 heavy (non-hydrogen) atoms. The third kappa shape index (κ3) is 8.14. The van der Waals surface area contributed by atoms with E-state index >= 15 is 0 Å². The van der Waals surface area contributed by atoms with Gasteiger partial charge in [0.15, 0.2) is 8.32 Å². The van der Waals surface area contributed by atoms with Crippen LogP contribution in [0.4, 0.5) is 0 Å². The van der Waals surface area contributed by atoms with Gasteiger partial charge in [0.2, 0.25) is 0 Å². The summed E-state index contributed by atoms with van der Waals surface area (Å²) in [5.74, 6) is 2.38. The van der Waals surface area contributed by atoms with Gasteiger partial charge in [-0.3, -0.25) is 0 Å². The van der Waals surface area contributed by atoms with E-state index in [4.69, 9.17) is 15.6 Å². The standard InChI is InChI=1S/C18H34O4Si/c1-8-12-16(20)17(15(19)9-2)21-13-10-11-14-22-23(6,7)18(3,4)5/h1,9,15-17,19-20H,2,10-14H2,3-7H3/t15-,16-,17-/m1/s1. The van der Waals surface area contributed by atoms with Crippen LogP contribution in [0.2, 0.25) is 18.1 Å². The Kier molecular flexibility index (Phi) is 9.98. The Bertz CT molecular complexity index is 381. The average Bonchev–Trinajstić information content (AvgIpc) is 2.44. The summed E-state index contributed by atoms with van der Waals surface area (Å²) in [6.45, 7) is 15.8. The van der Waals surface area contributed by atoms with Crippen molar-refractivity contribution >= 4 is 8.32 Å². The first-order chi connectivity index (χ1) is 10.6. The van der Waals surface area contributed by atoms with E-state index in [1.807, 2.05) is 0 Å². The summed E-state index contributed by atoms with van der Waals surface area (Å²) in [6, 6.07) is 0. The number of hydrogen-bond donors (Lipinski definition) is 2. The van der Waals surface area contributed by atoms with Gasteiger partial charge in [0, 0.05) is 19.6 Å². The molecule has 2 N–H and O–H groups in total. The van der Waals surface area contributed by atoms with E-state index in [-0.39, 0.29) is 11.5 Å². The predicted octanol–water partition coefficient (Wildman–Crippen LogP) is 3.10. The third-order valence-electron chi connectivity index (χ3n) is 4.40. The normalized spacial score (nSPS) is 16.4. The van der Waals surface area contributed by atoms with Gasteiger partial charge in [0.1, 0.15) is 12.2 Å². The van der Waals surface area contributed by atoms with E-state index in [0.717, 1.165) is 12.8 Å². The van der Waals surface area contributed by atoms with Crippen LogP contribution in [0, 0.1) is 12.3 Å². The van der Waals surface area contributed by atoms with Gasteiger partial charge in [-0.2, -0.15) is 0 Å². The molecule has 4 nitrogen and oxygen atoms in total. The maximum atomic E-state index is 9.91. The molecule has 0 spiro atoms. The van der Waals surface area contributed by atoms with Crippen molar-refractivity contribution in [2.24, 2.45) is 0 Å². The molecular formula is C18H34O4Si. The van der Waals surface area contributed by atoms with E-state index in [2.05, 4.69) is 46.4 Å². The molecule has 0 radical (unpaired) electrons. The van der Waals surface area contributed by atoms with Crippen molar-refractivity contribution in [2.75, 3.05) is 13.2 Å². The Morgan fingerprint density at radius 1 is 1.22 bits per heavy atom. The van der Waals surface area contributed by atoms with Crippen molar-refractivity contribution in [3.63, 3.8) is 0 Å². The maximum absolute atomic E-state index is 9.91. The fourth-order valence-electron chi connectivity index (χ4n) is 1.78. The van der Waals surface area contributed by atoms with Crippen molar-refractivity contribution in [3.8, 4) is 12.3 Å². The minimum atomic E-state index is -1.70.